The van der Waals surface area contributed by atoms with Gasteiger partial charge in [-0.15, -0.1) is 0 Å². The normalized spacial score (nSPS) is 29.9. The fourth-order valence-electron chi connectivity index (χ4n) is 3.29. The predicted molar refractivity (Wildman–Crippen MR) is 69.0 cm³/mol. The fourth-order valence-corrected chi connectivity index (χ4v) is 3.29. The third-order valence-corrected chi connectivity index (χ3v) is 4.35. The number of nitrogens with zero attached hydrogens (tertiary/aromatic N) is 1. The molecule has 4 rings (SSSR count). The highest BCUT2D eigenvalue weighted by atomic mass is 16.7. The lowest BCUT2D eigenvalue weighted by Gasteiger charge is -2.19. The van der Waals surface area contributed by atoms with Crippen molar-refractivity contribution in [3.63, 3.8) is 0 Å². The summed E-state index contributed by atoms with van der Waals surface area (Å²) in [7, 11) is 0. The molecule has 0 aromatic heterocycles. The van der Waals surface area contributed by atoms with E-state index in [1.165, 1.54) is 0 Å². The van der Waals surface area contributed by atoms with E-state index in [1.807, 2.05) is 0 Å². The summed E-state index contributed by atoms with van der Waals surface area (Å²) in [6, 6.07) is 6.42. The molecule has 0 aliphatic carbocycles. The molecule has 0 saturated carbocycles. The lowest BCUT2D eigenvalue weighted by atomic mass is 9.89. The van der Waals surface area contributed by atoms with Crippen LogP contribution in [0.2, 0.25) is 0 Å². The van der Waals surface area contributed by atoms with Gasteiger partial charge in [-0.05, 0) is 31.4 Å². The number of hydrogen-bond donors (Lipinski definition) is 0. The molecular weight excluding hydrogens is 274 g/mol. The number of carbonyl (C=O) groups is 3. The van der Waals surface area contributed by atoms with E-state index in [1.54, 1.807) is 24.3 Å². The third kappa shape index (κ3) is 1.79. The first-order valence-corrected chi connectivity index (χ1v) is 7.00. The number of amides is 2. The van der Waals surface area contributed by atoms with Crippen molar-refractivity contribution in [2.24, 2.45) is 5.92 Å². The second-order valence-corrected chi connectivity index (χ2v) is 5.58. The van der Waals surface area contributed by atoms with Crippen molar-refractivity contribution in [1.82, 2.24) is 5.06 Å². The lowest BCUT2D eigenvalue weighted by Crippen LogP contribution is -2.37. The van der Waals surface area contributed by atoms with Gasteiger partial charge >= 0.3 is 5.97 Å². The van der Waals surface area contributed by atoms with Crippen LogP contribution >= 0.6 is 0 Å². The zero-order chi connectivity index (χ0) is 14.6. The number of carbonyl (C=O) groups excluding carboxylic acids is 3. The van der Waals surface area contributed by atoms with Gasteiger partial charge < -0.3 is 9.57 Å². The molecule has 3 aliphatic rings. The molecule has 0 spiro atoms. The molecule has 1 aromatic rings. The van der Waals surface area contributed by atoms with Crippen molar-refractivity contribution < 1.29 is 24.0 Å². The highest BCUT2D eigenvalue weighted by Gasteiger charge is 2.47. The molecule has 2 bridgehead atoms. The molecule has 0 unspecified atom stereocenters. The molecule has 6 nitrogen and oxygen atoms in total. The molecule has 3 aliphatic heterocycles. The van der Waals surface area contributed by atoms with Crippen molar-refractivity contribution in [3.8, 4) is 0 Å². The average molecular weight is 287 g/mol. The van der Waals surface area contributed by atoms with Crippen LogP contribution in [-0.4, -0.2) is 35.1 Å². The number of imide groups is 1. The SMILES string of the molecule is O=C(ON1C(=O)c2ccccc2C1=O)[C@H]1C[C@@H]2CC[C@H]1O2. The third-order valence-electron chi connectivity index (χ3n) is 4.35. The molecule has 1 aromatic carbocycles. The van der Waals surface area contributed by atoms with Crippen molar-refractivity contribution in [2.75, 3.05) is 0 Å². The molecule has 2 saturated heterocycles. The molecule has 2 amide bonds. The predicted octanol–water partition coefficient (Wildman–Crippen LogP) is 1.31. The van der Waals surface area contributed by atoms with Gasteiger partial charge in [0.25, 0.3) is 11.8 Å². The molecule has 6 heteroatoms. The van der Waals surface area contributed by atoms with Crippen LogP contribution in [0.25, 0.3) is 0 Å². The number of rotatable bonds is 2. The van der Waals surface area contributed by atoms with Crippen LogP contribution in [0.15, 0.2) is 24.3 Å². The van der Waals surface area contributed by atoms with Crippen LogP contribution in [0.5, 0.6) is 0 Å². The number of hydrogen-bond acceptors (Lipinski definition) is 5. The van der Waals surface area contributed by atoms with Crippen molar-refractivity contribution in [2.45, 2.75) is 31.5 Å². The maximum atomic E-state index is 12.2. The van der Waals surface area contributed by atoms with E-state index < -0.39 is 17.8 Å². The monoisotopic (exact) mass is 287 g/mol. The number of benzene rings is 1. The number of hydroxylamine groups is 2. The Morgan fingerprint density at radius 1 is 1.14 bits per heavy atom. The summed E-state index contributed by atoms with van der Waals surface area (Å²) < 4.78 is 5.60. The maximum absolute atomic E-state index is 12.2. The minimum absolute atomic E-state index is 0.106. The zero-order valence-corrected chi connectivity index (χ0v) is 11.2. The van der Waals surface area contributed by atoms with Crippen LogP contribution < -0.4 is 0 Å². The first-order chi connectivity index (χ1) is 10.1. The van der Waals surface area contributed by atoms with Crippen LogP contribution in [0.1, 0.15) is 40.0 Å². The Balaban J connectivity index is 1.52. The minimum atomic E-state index is -0.590. The summed E-state index contributed by atoms with van der Waals surface area (Å²) in [6.45, 7) is 0. The quantitative estimate of drug-likeness (QED) is 0.767. The van der Waals surface area contributed by atoms with Gasteiger partial charge in [-0.1, -0.05) is 17.2 Å². The second-order valence-electron chi connectivity index (χ2n) is 5.58. The summed E-state index contributed by atoms with van der Waals surface area (Å²) >= 11 is 0. The van der Waals surface area contributed by atoms with Gasteiger partial charge in [-0.25, -0.2) is 4.79 Å². The fraction of sp³-hybridized carbons (Fsp3) is 0.400. The highest BCUT2D eigenvalue weighted by Crippen LogP contribution is 2.39. The van der Waals surface area contributed by atoms with E-state index in [-0.39, 0.29) is 29.3 Å². The second kappa shape index (κ2) is 4.39. The molecule has 3 heterocycles. The Kier molecular flexibility index (Phi) is 2.62. The molecular formula is C15H13NO5. The van der Waals surface area contributed by atoms with E-state index in [4.69, 9.17) is 9.57 Å². The Labute approximate surface area is 120 Å². The Morgan fingerprint density at radius 3 is 2.33 bits per heavy atom. The van der Waals surface area contributed by atoms with Crippen molar-refractivity contribution in [3.05, 3.63) is 35.4 Å². The minimum Gasteiger partial charge on any atom is -0.374 e. The first-order valence-electron chi connectivity index (χ1n) is 7.00. The molecule has 3 atom stereocenters. The van der Waals surface area contributed by atoms with E-state index in [9.17, 15) is 14.4 Å². The van der Waals surface area contributed by atoms with Gasteiger partial charge in [0.2, 0.25) is 0 Å². The van der Waals surface area contributed by atoms with Gasteiger partial charge in [-0.2, -0.15) is 0 Å². The standard InChI is InChI=1S/C15H13NO5/c17-13-9-3-1-2-4-10(9)14(18)16(13)21-15(19)11-7-8-5-6-12(11)20-8/h1-4,8,11-12H,5-7H2/t8-,11-,12+/m0/s1. The molecule has 108 valence electrons. The smallest absolute Gasteiger partial charge is 0.338 e. The number of ether oxygens (including phenoxy) is 1. The van der Waals surface area contributed by atoms with Gasteiger partial charge in [0.15, 0.2) is 0 Å². The van der Waals surface area contributed by atoms with Crippen molar-refractivity contribution in [1.29, 1.82) is 0 Å². The van der Waals surface area contributed by atoms with Gasteiger partial charge in [0.1, 0.15) is 0 Å². The topological polar surface area (TPSA) is 72.9 Å². The average Bonchev–Trinajstić information content (AvgIpc) is 3.18. The first kappa shape index (κ1) is 12.5. The summed E-state index contributed by atoms with van der Waals surface area (Å²) in [5.74, 6) is -2.12. The highest BCUT2D eigenvalue weighted by molar-refractivity contribution is 6.20. The zero-order valence-electron chi connectivity index (χ0n) is 11.2. The van der Waals surface area contributed by atoms with Gasteiger partial charge in [0.05, 0.1) is 29.3 Å². The van der Waals surface area contributed by atoms with Crippen LogP contribution in [0.3, 0.4) is 0 Å². The summed E-state index contributed by atoms with van der Waals surface area (Å²) in [5.41, 5.74) is 0.527. The van der Waals surface area contributed by atoms with Crippen LogP contribution in [0, 0.1) is 5.92 Å². The van der Waals surface area contributed by atoms with Crippen LogP contribution in [-0.2, 0) is 14.4 Å². The lowest BCUT2D eigenvalue weighted by molar-refractivity contribution is -0.175. The number of fused-ring (bicyclic) bond motifs is 3. The maximum Gasteiger partial charge on any atom is 0.338 e. The van der Waals surface area contributed by atoms with Crippen molar-refractivity contribution >= 4 is 17.8 Å². The van der Waals surface area contributed by atoms with E-state index in [0.29, 0.717) is 11.5 Å². The molecule has 2 fully saturated rings. The van der Waals surface area contributed by atoms with Gasteiger partial charge in [0, 0.05) is 0 Å². The van der Waals surface area contributed by atoms with Crippen LogP contribution in [0.4, 0.5) is 0 Å². The molecule has 0 radical (unpaired) electrons. The summed E-state index contributed by atoms with van der Waals surface area (Å²) in [6.07, 6.45) is 2.35. The Bertz CT molecular complexity index is 620. The Morgan fingerprint density at radius 2 is 1.81 bits per heavy atom. The van der Waals surface area contributed by atoms with Gasteiger partial charge in [-0.3, -0.25) is 9.59 Å². The largest absolute Gasteiger partial charge is 0.374 e. The van der Waals surface area contributed by atoms with E-state index in [0.717, 1.165) is 12.8 Å². The summed E-state index contributed by atoms with van der Waals surface area (Å²) in [5, 5.41) is 0.568. The summed E-state index contributed by atoms with van der Waals surface area (Å²) in [4.78, 5) is 41.5. The van der Waals surface area contributed by atoms with E-state index in [2.05, 4.69) is 0 Å². The molecule has 0 N–H and O–H groups in total. The Hall–Kier alpha value is -2.21. The molecule has 21 heavy (non-hydrogen) atoms. The van der Waals surface area contributed by atoms with E-state index >= 15 is 0 Å².